The smallest absolute Gasteiger partial charge is 0.224 e. The van der Waals surface area contributed by atoms with Crippen molar-refractivity contribution in [3.8, 4) is 0 Å². The summed E-state index contributed by atoms with van der Waals surface area (Å²) in [5, 5.41) is 6.54. The summed E-state index contributed by atoms with van der Waals surface area (Å²) in [6.45, 7) is 0. The number of piperidine rings is 1. The summed E-state index contributed by atoms with van der Waals surface area (Å²) in [7, 11) is 0. The van der Waals surface area contributed by atoms with Gasteiger partial charge in [0.05, 0.1) is 5.69 Å². The van der Waals surface area contributed by atoms with E-state index in [9.17, 15) is 4.79 Å². The van der Waals surface area contributed by atoms with Gasteiger partial charge in [0.15, 0.2) is 0 Å². The van der Waals surface area contributed by atoms with Crippen LogP contribution in [0.3, 0.4) is 0 Å². The highest BCUT2D eigenvalue weighted by molar-refractivity contribution is 9.10. The molecule has 2 saturated heterocycles. The zero-order valence-electron chi connectivity index (χ0n) is 10.7. The molecule has 2 fully saturated rings. The van der Waals surface area contributed by atoms with Crippen LogP contribution in [0.15, 0.2) is 22.9 Å². The lowest BCUT2D eigenvalue weighted by Gasteiger charge is -2.28. The number of nitrogens with one attached hydrogen (secondary N) is 2. The summed E-state index contributed by atoms with van der Waals surface area (Å²) >= 11 is 3.34. The molecule has 2 aliphatic rings. The Hall–Kier alpha value is -0.940. The van der Waals surface area contributed by atoms with E-state index in [1.54, 1.807) is 6.20 Å². The molecule has 3 heterocycles. The van der Waals surface area contributed by atoms with Crippen molar-refractivity contribution in [2.24, 2.45) is 5.92 Å². The molecule has 1 aromatic rings. The molecule has 2 bridgehead atoms. The third kappa shape index (κ3) is 3.15. The summed E-state index contributed by atoms with van der Waals surface area (Å²) < 4.78 is 0.689. The molecule has 4 nitrogen and oxygen atoms in total. The second kappa shape index (κ2) is 5.59. The molecule has 2 aliphatic heterocycles. The first kappa shape index (κ1) is 13.1. The van der Waals surface area contributed by atoms with E-state index in [0.29, 0.717) is 29.0 Å². The van der Waals surface area contributed by atoms with E-state index in [1.807, 2.05) is 12.1 Å². The molecule has 1 aromatic heterocycles. The van der Waals surface area contributed by atoms with Crippen molar-refractivity contribution in [3.05, 3.63) is 22.9 Å². The summed E-state index contributed by atoms with van der Waals surface area (Å²) in [5.74, 6) is 0.620. The Morgan fingerprint density at radius 2 is 2.16 bits per heavy atom. The average Bonchev–Trinajstić information content (AvgIpc) is 2.72. The van der Waals surface area contributed by atoms with E-state index in [4.69, 9.17) is 0 Å². The van der Waals surface area contributed by atoms with Crippen molar-refractivity contribution in [3.63, 3.8) is 0 Å². The number of amides is 1. The molecule has 2 atom stereocenters. The van der Waals surface area contributed by atoms with Crippen molar-refractivity contribution in [1.82, 2.24) is 10.3 Å². The molecule has 2 N–H and O–H groups in total. The molecule has 2 unspecified atom stereocenters. The average molecular weight is 324 g/mol. The second-order valence-electron chi connectivity index (χ2n) is 5.57. The lowest BCUT2D eigenvalue weighted by Crippen LogP contribution is -2.39. The Balaban J connectivity index is 1.56. The number of hydrogen-bond donors (Lipinski definition) is 2. The van der Waals surface area contributed by atoms with Crippen molar-refractivity contribution >= 4 is 27.5 Å². The van der Waals surface area contributed by atoms with Gasteiger partial charge in [-0.3, -0.25) is 4.79 Å². The summed E-state index contributed by atoms with van der Waals surface area (Å²) in [6, 6.07) is 4.97. The minimum absolute atomic E-state index is 0.0972. The van der Waals surface area contributed by atoms with Crippen LogP contribution in [-0.4, -0.2) is 23.0 Å². The highest BCUT2D eigenvalue weighted by Crippen LogP contribution is 2.33. The van der Waals surface area contributed by atoms with Gasteiger partial charge in [-0.2, -0.15) is 0 Å². The molecular formula is C14H18BrN3O. The largest absolute Gasteiger partial charge is 0.324 e. The maximum absolute atomic E-state index is 12.1. The van der Waals surface area contributed by atoms with Gasteiger partial charge in [0, 0.05) is 24.7 Å². The molecule has 0 aliphatic carbocycles. The van der Waals surface area contributed by atoms with E-state index < -0.39 is 0 Å². The van der Waals surface area contributed by atoms with Crippen LogP contribution < -0.4 is 10.6 Å². The number of rotatable bonds is 3. The highest BCUT2D eigenvalue weighted by Gasteiger charge is 2.34. The van der Waals surface area contributed by atoms with Crippen LogP contribution in [0.4, 0.5) is 5.69 Å². The number of carbonyl (C=O) groups is 1. The first-order valence-electron chi connectivity index (χ1n) is 6.87. The SMILES string of the molecule is O=C(CC1CC2CCC(C1)N2)Nc1cccnc1Br. The van der Waals surface area contributed by atoms with Gasteiger partial charge in [-0.05, 0) is 59.7 Å². The van der Waals surface area contributed by atoms with Gasteiger partial charge >= 0.3 is 0 Å². The van der Waals surface area contributed by atoms with Crippen LogP contribution >= 0.6 is 15.9 Å². The molecule has 0 spiro atoms. The first-order chi connectivity index (χ1) is 9.20. The maximum atomic E-state index is 12.1. The summed E-state index contributed by atoms with van der Waals surface area (Å²) in [6.07, 6.45) is 7.14. The second-order valence-corrected chi connectivity index (χ2v) is 6.32. The van der Waals surface area contributed by atoms with Crippen molar-refractivity contribution in [1.29, 1.82) is 0 Å². The quantitative estimate of drug-likeness (QED) is 0.841. The van der Waals surface area contributed by atoms with Crippen LogP contribution in [0, 0.1) is 5.92 Å². The standard InChI is InChI=1S/C14H18BrN3O/c15-14-12(2-1-5-16-14)18-13(19)8-9-6-10-3-4-11(7-9)17-10/h1-2,5,9-11,17H,3-4,6-8H2,(H,18,19). The molecule has 0 aromatic carbocycles. The molecule has 19 heavy (non-hydrogen) atoms. The number of carbonyl (C=O) groups excluding carboxylic acids is 1. The van der Waals surface area contributed by atoms with Crippen molar-refractivity contribution < 1.29 is 4.79 Å². The van der Waals surface area contributed by atoms with Crippen LogP contribution in [0.2, 0.25) is 0 Å². The van der Waals surface area contributed by atoms with Gasteiger partial charge in [-0.25, -0.2) is 4.98 Å². The predicted octanol–water partition coefficient (Wildman–Crippen LogP) is 2.70. The topological polar surface area (TPSA) is 54.0 Å². The van der Waals surface area contributed by atoms with E-state index in [-0.39, 0.29) is 5.91 Å². The fourth-order valence-corrected chi connectivity index (χ4v) is 3.63. The third-order valence-electron chi connectivity index (χ3n) is 4.08. The third-order valence-corrected chi connectivity index (χ3v) is 4.71. The number of nitrogens with zero attached hydrogens (tertiary/aromatic N) is 1. The van der Waals surface area contributed by atoms with E-state index in [1.165, 1.54) is 12.8 Å². The zero-order chi connectivity index (χ0) is 13.2. The molecular weight excluding hydrogens is 306 g/mol. The molecule has 0 saturated carbocycles. The monoisotopic (exact) mass is 323 g/mol. The molecule has 102 valence electrons. The molecule has 3 rings (SSSR count). The van der Waals surface area contributed by atoms with Crippen LogP contribution in [0.5, 0.6) is 0 Å². The van der Waals surface area contributed by atoms with Crippen molar-refractivity contribution in [2.75, 3.05) is 5.32 Å². The van der Waals surface area contributed by atoms with Gasteiger partial charge in [-0.1, -0.05) is 0 Å². The number of hydrogen-bond acceptors (Lipinski definition) is 3. The number of fused-ring (bicyclic) bond motifs is 2. The van der Waals surface area contributed by atoms with E-state index >= 15 is 0 Å². The van der Waals surface area contributed by atoms with Crippen LogP contribution in [0.1, 0.15) is 32.1 Å². The fourth-order valence-electron chi connectivity index (χ4n) is 3.28. The van der Waals surface area contributed by atoms with Gasteiger partial charge in [-0.15, -0.1) is 0 Å². The molecule has 0 radical (unpaired) electrons. The minimum atomic E-state index is 0.0972. The predicted molar refractivity (Wildman–Crippen MR) is 77.9 cm³/mol. The van der Waals surface area contributed by atoms with Gasteiger partial charge in [0.1, 0.15) is 4.60 Å². The Bertz CT molecular complexity index is 468. The maximum Gasteiger partial charge on any atom is 0.224 e. The number of pyridine rings is 1. The lowest BCUT2D eigenvalue weighted by molar-refractivity contribution is -0.117. The van der Waals surface area contributed by atoms with Gasteiger partial charge in [0.2, 0.25) is 5.91 Å². The van der Waals surface area contributed by atoms with Gasteiger partial charge in [0.25, 0.3) is 0 Å². The van der Waals surface area contributed by atoms with Crippen LogP contribution in [-0.2, 0) is 4.79 Å². The Labute approximate surface area is 121 Å². The summed E-state index contributed by atoms with van der Waals surface area (Å²) in [4.78, 5) is 16.2. The Kier molecular flexibility index (Phi) is 3.84. The van der Waals surface area contributed by atoms with Crippen LogP contribution in [0.25, 0.3) is 0 Å². The zero-order valence-corrected chi connectivity index (χ0v) is 12.3. The number of halogens is 1. The molecule has 1 amide bonds. The molecule has 5 heteroatoms. The minimum Gasteiger partial charge on any atom is -0.324 e. The highest BCUT2D eigenvalue weighted by atomic mass is 79.9. The fraction of sp³-hybridized carbons (Fsp3) is 0.571. The van der Waals surface area contributed by atoms with E-state index in [2.05, 4.69) is 31.5 Å². The normalized spacial score (nSPS) is 29.2. The number of aromatic nitrogens is 1. The number of anilines is 1. The lowest BCUT2D eigenvalue weighted by atomic mass is 9.89. The first-order valence-corrected chi connectivity index (χ1v) is 7.66. The van der Waals surface area contributed by atoms with Gasteiger partial charge < -0.3 is 10.6 Å². The Morgan fingerprint density at radius 1 is 1.42 bits per heavy atom. The van der Waals surface area contributed by atoms with E-state index in [0.717, 1.165) is 18.5 Å². The summed E-state index contributed by atoms with van der Waals surface area (Å²) in [5.41, 5.74) is 0.754. The Morgan fingerprint density at radius 3 is 2.84 bits per heavy atom. The van der Waals surface area contributed by atoms with Crippen molar-refractivity contribution in [2.45, 2.75) is 44.2 Å².